The molecular weight excluding hydrogens is 420 g/mol. The van der Waals surface area contributed by atoms with Gasteiger partial charge in [0.05, 0.1) is 25.2 Å². The van der Waals surface area contributed by atoms with Gasteiger partial charge in [0, 0.05) is 18.9 Å². The third kappa shape index (κ3) is 5.46. The van der Waals surface area contributed by atoms with Crippen molar-refractivity contribution in [3.8, 4) is 0 Å². The smallest absolute Gasteiger partial charge is 0.305 e. The molecule has 0 spiro atoms. The Labute approximate surface area is 195 Å². The second kappa shape index (κ2) is 11.0. The molecule has 1 N–H and O–H groups in total. The molecule has 2 fully saturated rings. The van der Waals surface area contributed by atoms with Gasteiger partial charge in [-0.25, -0.2) is 4.98 Å². The van der Waals surface area contributed by atoms with E-state index in [0.717, 1.165) is 44.1 Å². The average molecular weight is 455 g/mol. The Morgan fingerprint density at radius 1 is 1.15 bits per heavy atom. The van der Waals surface area contributed by atoms with Crippen LogP contribution < -0.4 is 5.32 Å². The molecule has 2 bridgehead atoms. The van der Waals surface area contributed by atoms with Gasteiger partial charge in [0.25, 0.3) is 5.91 Å². The standard InChI is InChI=1S/C26H34N2O5/c1-3-4-7-14-27-25(30)20-16-32-26(28-20)24-19(21-11-12-22(24)33-21)15-18-9-6-5-8-17(18)10-13-23(29)31-2/h5-6,8-9,16,19,21-22,24H,3-4,7,10-15H2,1-2H3,(H,27,30). The summed E-state index contributed by atoms with van der Waals surface area (Å²) in [6, 6.07) is 8.24. The molecule has 2 aliphatic heterocycles. The largest absolute Gasteiger partial charge is 0.469 e. The van der Waals surface area contributed by atoms with Crippen molar-refractivity contribution < 1.29 is 23.5 Å². The Kier molecular flexibility index (Phi) is 7.81. The fraction of sp³-hybridized carbons (Fsp3) is 0.577. The number of carbonyl (C=O) groups is 2. The van der Waals surface area contributed by atoms with Gasteiger partial charge in [-0.2, -0.15) is 0 Å². The van der Waals surface area contributed by atoms with E-state index in [1.54, 1.807) is 0 Å². The zero-order valence-electron chi connectivity index (χ0n) is 19.5. The molecule has 0 radical (unpaired) electrons. The number of hydrogen-bond donors (Lipinski definition) is 1. The number of carbonyl (C=O) groups excluding carboxylic acids is 2. The summed E-state index contributed by atoms with van der Waals surface area (Å²) in [6.45, 7) is 2.79. The minimum atomic E-state index is -0.203. The molecular formula is C26H34N2O5. The number of benzene rings is 1. The van der Waals surface area contributed by atoms with Gasteiger partial charge in [0.1, 0.15) is 6.26 Å². The van der Waals surface area contributed by atoms with E-state index in [1.807, 2.05) is 12.1 Å². The third-order valence-corrected chi connectivity index (χ3v) is 6.93. The van der Waals surface area contributed by atoms with Crippen molar-refractivity contribution in [2.45, 2.75) is 76.4 Å². The van der Waals surface area contributed by atoms with Gasteiger partial charge in [-0.05, 0) is 43.2 Å². The van der Waals surface area contributed by atoms with Crippen LogP contribution in [0, 0.1) is 5.92 Å². The minimum absolute atomic E-state index is 0.0269. The van der Waals surface area contributed by atoms with Crippen LogP contribution in [-0.2, 0) is 27.1 Å². The highest BCUT2D eigenvalue weighted by molar-refractivity contribution is 5.91. The van der Waals surface area contributed by atoms with Crippen LogP contribution in [0.25, 0.3) is 0 Å². The maximum absolute atomic E-state index is 12.5. The Hall–Kier alpha value is -2.67. The SMILES string of the molecule is CCCCCNC(=O)c1coc(C2C3CCC(O3)C2Cc2ccccc2CCC(=O)OC)n1. The average Bonchev–Trinajstić information content (AvgIpc) is 3.57. The molecule has 2 aliphatic rings. The molecule has 1 aromatic heterocycles. The number of aromatic nitrogens is 1. The number of amides is 1. The first-order valence-electron chi connectivity index (χ1n) is 12.1. The number of nitrogens with one attached hydrogen (secondary N) is 1. The van der Waals surface area contributed by atoms with E-state index in [0.29, 0.717) is 31.0 Å². The van der Waals surface area contributed by atoms with Crippen LogP contribution in [0.2, 0.25) is 0 Å². The van der Waals surface area contributed by atoms with Crippen molar-refractivity contribution in [2.75, 3.05) is 13.7 Å². The highest BCUT2D eigenvalue weighted by Crippen LogP contribution is 2.49. The summed E-state index contributed by atoms with van der Waals surface area (Å²) in [4.78, 5) is 28.7. The molecule has 2 aromatic rings. The van der Waals surface area contributed by atoms with Crippen LogP contribution in [0.4, 0.5) is 0 Å². The first kappa shape index (κ1) is 23.5. The molecule has 3 heterocycles. The maximum Gasteiger partial charge on any atom is 0.305 e. The number of nitrogens with zero attached hydrogens (tertiary/aromatic N) is 1. The Morgan fingerprint density at radius 3 is 2.73 bits per heavy atom. The minimum Gasteiger partial charge on any atom is -0.469 e. The van der Waals surface area contributed by atoms with Crippen LogP contribution >= 0.6 is 0 Å². The molecule has 4 atom stereocenters. The third-order valence-electron chi connectivity index (χ3n) is 6.93. The molecule has 4 unspecified atom stereocenters. The van der Waals surface area contributed by atoms with E-state index in [4.69, 9.17) is 13.9 Å². The molecule has 0 aliphatic carbocycles. The molecule has 4 rings (SSSR count). The first-order chi connectivity index (χ1) is 16.1. The quantitative estimate of drug-likeness (QED) is 0.404. The number of unbranched alkanes of at least 4 members (excludes halogenated alkanes) is 2. The monoisotopic (exact) mass is 454 g/mol. The van der Waals surface area contributed by atoms with Gasteiger partial charge in [0.15, 0.2) is 5.69 Å². The number of esters is 1. The van der Waals surface area contributed by atoms with Gasteiger partial charge in [0.2, 0.25) is 5.89 Å². The van der Waals surface area contributed by atoms with Crippen molar-refractivity contribution in [3.05, 3.63) is 53.2 Å². The van der Waals surface area contributed by atoms with Gasteiger partial charge < -0.3 is 19.2 Å². The van der Waals surface area contributed by atoms with Crippen LogP contribution in [0.1, 0.15) is 78.9 Å². The van der Waals surface area contributed by atoms with E-state index in [2.05, 4.69) is 29.4 Å². The number of ether oxygens (including phenoxy) is 2. The summed E-state index contributed by atoms with van der Waals surface area (Å²) in [5.74, 6) is 0.459. The predicted octanol–water partition coefficient (Wildman–Crippen LogP) is 4.20. The van der Waals surface area contributed by atoms with E-state index in [-0.39, 0.29) is 35.9 Å². The van der Waals surface area contributed by atoms with E-state index < -0.39 is 0 Å². The molecule has 7 nitrogen and oxygen atoms in total. The molecule has 2 saturated heterocycles. The normalized spacial score (nSPS) is 23.6. The Morgan fingerprint density at radius 2 is 1.94 bits per heavy atom. The lowest BCUT2D eigenvalue weighted by atomic mass is 9.75. The predicted molar refractivity (Wildman–Crippen MR) is 123 cm³/mol. The zero-order chi connectivity index (χ0) is 23.2. The van der Waals surface area contributed by atoms with Gasteiger partial charge in [-0.15, -0.1) is 0 Å². The van der Waals surface area contributed by atoms with E-state index in [9.17, 15) is 9.59 Å². The second-order valence-electron chi connectivity index (χ2n) is 9.06. The summed E-state index contributed by atoms with van der Waals surface area (Å²) in [7, 11) is 1.42. The lowest BCUT2D eigenvalue weighted by Crippen LogP contribution is -2.28. The summed E-state index contributed by atoms with van der Waals surface area (Å²) < 4.78 is 16.9. The summed E-state index contributed by atoms with van der Waals surface area (Å²) in [5, 5.41) is 2.93. The second-order valence-corrected chi connectivity index (χ2v) is 9.06. The lowest BCUT2D eigenvalue weighted by Gasteiger charge is -2.26. The molecule has 7 heteroatoms. The molecule has 33 heavy (non-hydrogen) atoms. The van der Waals surface area contributed by atoms with E-state index in [1.165, 1.54) is 18.9 Å². The van der Waals surface area contributed by atoms with Gasteiger partial charge in [-0.1, -0.05) is 44.0 Å². The Balaban J connectivity index is 1.46. The molecule has 1 amide bonds. The Bertz CT molecular complexity index is 956. The topological polar surface area (TPSA) is 90.7 Å². The van der Waals surface area contributed by atoms with Crippen LogP contribution in [0.5, 0.6) is 0 Å². The number of aryl methyl sites for hydroxylation is 1. The van der Waals surface area contributed by atoms with E-state index >= 15 is 0 Å². The van der Waals surface area contributed by atoms with Gasteiger partial charge in [-0.3, -0.25) is 9.59 Å². The van der Waals surface area contributed by atoms with Crippen molar-refractivity contribution in [1.82, 2.24) is 10.3 Å². The summed E-state index contributed by atoms with van der Waals surface area (Å²) in [5.41, 5.74) is 2.71. The highest BCUT2D eigenvalue weighted by Gasteiger charge is 2.51. The number of fused-ring (bicyclic) bond motifs is 2. The van der Waals surface area contributed by atoms with Crippen molar-refractivity contribution >= 4 is 11.9 Å². The zero-order valence-corrected chi connectivity index (χ0v) is 19.5. The number of rotatable bonds is 11. The van der Waals surface area contributed by atoms with Crippen molar-refractivity contribution in [2.24, 2.45) is 5.92 Å². The number of oxazole rings is 1. The number of methoxy groups -OCH3 is 1. The molecule has 1 aromatic carbocycles. The summed E-state index contributed by atoms with van der Waals surface area (Å²) >= 11 is 0. The fourth-order valence-corrected chi connectivity index (χ4v) is 5.18. The number of hydrogen-bond acceptors (Lipinski definition) is 6. The van der Waals surface area contributed by atoms with Crippen LogP contribution in [-0.4, -0.2) is 42.7 Å². The fourth-order valence-electron chi connectivity index (χ4n) is 5.18. The first-order valence-corrected chi connectivity index (χ1v) is 12.1. The lowest BCUT2D eigenvalue weighted by molar-refractivity contribution is -0.140. The van der Waals surface area contributed by atoms with Crippen LogP contribution in [0.15, 0.2) is 34.9 Å². The maximum atomic E-state index is 12.5. The highest BCUT2D eigenvalue weighted by atomic mass is 16.5. The van der Waals surface area contributed by atoms with Gasteiger partial charge >= 0.3 is 5.97 Å². The molecule has 178 valence electrons. The van der Waals surface area contributed by atoms with Crippen LogP contribution in [0.3, 0.4) is 0 Å². The molecule has 0 saturated carbocycles. The van der Waals surface area contributed by atoms with Crippen molar-refractivity contribution in [3.63, 3.8) is 0 Å². The van der Waals surface area contributed by atoms with Crippen molar-refractivity contribution in [1.29, 1.82) is 0 Å². The summed E-state index contributed by atoms with van der Waals surface area (Å²) in [6.07, 6.45) is 8.72.